The number of nitrogens with zero attached hydrogens (tertiary/aromatic N) is 1. The van der Waals surface area contributed by atoms with E-state index in [1.54, 1.807) is 0 Å². The van der Waals surface area contributed by atoms with Crippen molar-refractivity contribution in [2.75, 3.05) is 25.1 Å². The topological polar surface area (TPSA) is 84.6 Å². The monoisotopic (exact) mass is 226 g/mol. The molecule has 1 aromatic heterocycles. The summed E-state index contributed by atoms with van der Waals surface area (Å²) in [6, 6.07) is 0.260. The van der Waals surface area contributed by atoms with E-state index in [0.717, 1.165) is 32.3 Å². The number of hydrogen-bond donors (Lipinski definition) is 2. The zero-order valence-electron chi connectivity index (χ0n) is 8.81. The molecule has 1 aromatic rings. The van der Waals surface area contributed by atoms with Crippen molar-refractivity contribution in [1.29, 1.82) is 0 Å². The maximum absolute atomic E-state index is 10.5. The Morgan fingerprint density at radius 2 is 2.56 bits per heavy atom. The van der Waals surface area contributed by atoms with Crippen LogP contribution in [0.1, 0.15) is 23.3 Å². The predicted molar refractivity (Wildman–Crippen MR) is 55.5 cm³/mol. The Morgan fingerprint density at radius 3 is 3.19 bits per heavy atom. The van der Waals surface area contributed by atoms with Crippen molar-refractivity contribution < 1.29 is 19.1 Å². The highest BCUT2D eigenvalue weighted by Crippen LogP contribution is 2.16. The Morgan fingerprint density at radius 1 is 1.69 bits per heavy atom. The number of nitrogens with one attached hydrogen (secondary N) is 1. The molecule has 6 nitrogen and oxygen atoms in total. The summed E-state index contributed by atoms with van der Waals surface area (Å²) in [5.74, 6) is -0.498. The van der Waals surface area contributed by atoms with Gasteiger partial charge in [0.1, 0.15) is 6.26 Å². The van der Waals surface area contributed by atoms with Gasteiger partial charge >= 0.3 is 5.97 Å². The van der Waals surface area contributed by atoms with Crippen LogP contribution in [0, 0.1) is 5.92 Å². The van der Waals surface area contributed by atoms with Crippen LogP contribution in [-0.4, -0.2) is 35.8 Å². The lowest BCUT2D eigenvalue weighted by Gasteiger charge is -2.06. The molecule has 0 saturated carbocycles. The van der Waals surface area contributed by atoms with Crippen LogP contribution in [0.5, 0.6) is 0 Å². The van der Waals surface area contributed by atoms with Gasteiger partial charge < -0.3 is 19.6 Å². The van der Waals surface area contributed by atoms with Crippen molar-refractivity contribution in [3.05, 3.63) is 12.0 Å². The third kappa shape index (κ3) is 2.73. The van der Waals surface area contributed by atoms with Crippen molar-refractivity contribution in [3.8, 4) is 0 Å². The summed E-state index contributed by atoms with van der Waals surface area (Å²) >= 11 is 0. The predicted octanol–water partition coefficient (Wildman–Crippen LogP) is 1.21. The highest BCUT2D eigenvalue weighted by atomic mass is 16.5. The van der Waals surface area contributed by atoms with E-state index < -0.39 is 5.97 Å². The van der Waals surface area contributed by atoms with Crippen LogP contribution in [-0.2, 0) is 4.74 Å². The van der Waals surface area contributed by atoms with E-state index in [4.69, 9.17) is 14.3 Å². The number of aromatic carboxylic acids is 1. The van der Waals surface area contributed by atoms with E-state index in [2.05, 4.69) is 10.3 Å². The average molecular weight is 226 g/mol. The Bertz CT molecular complexity index is 357. The van der Waals surface area contributed by atoms with E-state index in [-0.39, 0.29) is 11.7 Å². The van der Waals surface area contributed by atoms with Gasteiger partial charge in [-0.3, -0.25) is 0 Å². The Kier molecular flexibility index (Phi) is 3.40. The van der Waals surface area contributed by atoms with Gasteiger partial charge in [0.05, 0.1) is 0 Å². The third-order valence-corrected chi connectivity index (χ3v) is 2.58. The average Bonchev–Trinajstić information content (AvgIpc) is 2.87. The maximum Gasteiger partial charge on any atom is 0.357 e. The van der Waals surface area contributed by atoms with Crippen LogP contribution in [0.4, 0.5) is 6.01 Å². The first-order chi connectivity index (χ1) is 7.75. The van der Waals surface area contributed by atoms with Gasteiger partial charge in [-0.15, -0.1) is 0 Å². The highest BCUT2D eigenvalue weighted by molar-refractivity contribution is 5.85. The molecular weight excluding hydrogens is 212 g/mol. The minimum atomic E-state index is -1.08. The Hall–Kier alpha value is -1.56. The fourth-order valence-corrected chi connectivity index (χ4v) is 1.65. The van der Waals surface area contributed by atoms with Crippen LogP contribution >= 0.6 is 0 Å². The van der Waals surface area contributed by atoms with Crippen molar-refractivity contribution in [3.63, 3.8) is 0 Å². The molecule has 1 fully saturated rings. The first-order valence-electron chi connectivity index (χ1n) is 5.26. The number of oxazole rings is 1. The Labute approximate surface area is 92.6 Å². The molecular formula is C10H14N2O4. The first kappa shape index (κ1) is 10.9. The molecule has 1 aliphatic rings. The van der Waals surface area contributed by atoms with Crippen LogP contribution < -0.4 is 5.32 Å². The van der Waals surface area contributed by atoms with Crippen LogP contribution in [0.15, 0.2) is 10.7 Å². The second-order valence-electron chi connectivity index (χ2n) is 3.79. The first-order valence-corrected chi connectivity index (χ1v) is 5.26. The molecule has 0 aliphatic carbocycles. The lowest BCUT2D eigenvalue weighted by atomic mass is 10.1. The molecule has 1 atom stereocenters. The second-order valence-corrected chi connectivity index (χ2v) is 3.79. The van der Waals surface area contributed by atoms with E-state index in [0.29, 0.717) is 12.5 Å². The molecule has 2 heterocycles. The number of carboxylic acids is 1. The van der Waals surface area contributed by atoms with Gasteiger partial charge in [-0.25, -0.2) is 4.79 Å². The van der Waals surface area contributed by atoms with Crippen LogP contribution in [0.25, 0.3) is 0 Å². The molecule has 2 rings (SSSR count). The summed E-state index contributed by atoms with van der Waals surface area (Å²) in [7, 11) is 0. The van der Waals surface area contributed by atoms with Gasteiger partial charge in [0.2, 0.25) is 0 Å². The molecule has 88 valence electrons. The van der Waals surface area contributed by atoms with Gasteiger partial charge in [-0.1, -0.05) is 0 Å². The fraction of sp³-hybridized carbons (Fsp3) is 0.600. The number of rotatable bonds is 5. The van der Waals surface area contributed by atoms with Gasteiger partial charge in [0, 0.05) is 19.8 Å². The summed E-state index contributed by atoms with van der Waals surface area (Å²) in [5, 5.41) is 11.6. The molecule has 0 spiro atoms. The SMILES string of the molecule is O=C(O)c1coc(NCCC2CCOC2)n1. The molecule has 0 radical (unpaired) electrons. The summed E-state index contributed by atoms with van der Waals surface area (Å²) in [6.45, 7) is 2.37. The smallest absolute Gasteiger partial charge is 0.357 e. The molecule has 0 amide bonds. The van der Waals surface area contributed by atoms with Gasteiger partial charge in [0.15, 0.2) is 5.69 Å². The minimum Gasteiger partial charge on any atom is -0.476 e. The van der Waals surface area contributed by atoms with Gasteiger partial charge in [-0.2, -0.15) is 4.98 Å². The molecule has 0 aromatic carbocycles. The Balaban J connectivity index is 1.74. The van der Waals surface area contributed by atoms with Gasteiger partial charge in [0.25, 0.3) is 6.01 Å². The van der Waals surface area contributed by atoms with E-state index in [1.165, 1.54) is 0 Å². The standard InChI is InChI=1S/C10H14N2O4/c13-9(14)8-6-16-10(12-8)11-3-1-7-2-4-15-5-7/h6-7H,1-5H2,(H,11,12)(H,13,14). The number of hydrogen-bond acceptors (Lipinski definition) is 5. The van der Waals surface area contributed by atoms with Crippen molar-refractivity contribution >= 4 is 12.0 Å². The van der Waals surface area contributed by atoms with E-state index >= 15 is 0 Å². The maximum atomic E-state index is 10.5. The lowest BCUT2D eigenvalue weighted by Crippen LogP contribution is -2.09. The molecule has 1 unspecified atom stereocenters. The third-order valence-electron chi connectivity index (χ3n) is 2.58. The summed E-state index contributed by atoms with van der Waals surface area (Å²) in [5.41, 5.74) is -0.0771. The van der Waals surface area contributed by atoms with Crippen LogP contribution in [0.3, 0.4) is 0 Å². The molecule has 16 heavy (non-hydrogen) atoms. The molecule has 1 aliphatic heterocycles. The van der Waals surface area contributed by atoms with Crippen LogP contribution in [0.2, 0.25) is 0 Å². The number of anilines is 1. The highest BCUT2D eigenvalue weighted by Gasteiger charge is 2.15. The lowest BCUT2D eigenvalue weighted by molar-refractivity contribution is 0.0690. The molecule has 1 saturated heterocycles. The summed E-state index contributed by atoms with van der Waals surface area (Å²) in [4.78, 5) is 14.3. The van der Waals surface area contributed by atoms with Crippen molar-refractivity contribution in [2.24, 2.45) is 5.92 Å². The number of carboxylic acid groups (broad SMARTS) is 1. The van der Waals surface area contributed by atoms with Gasteiger partial charge in [-0.05, 0) is 18.8 Å². The number of ether oxygens (including phenoxy) is 1. The quantitative estimate of drug-likeness (QED) is 0.785. The molecule has 6 heteroatoms. The summed E-state index contributed by atoms with van der Waals surface area (Å²) in [6.07, 6.45) is 3.20. The molecule has 2 N–H and O–H groups in total. The summed E-state index contributed by atoms with van der Waals surface area (Å²) < 4.78 is 10.2. The second kappa shape index (κ2) is 4.98. The zero-order valence-corrected chi connectivity index (χ0v) is 8.81. The normalized spacial score (nSPS) is 19.9. The number of aromatic nitrogens is 1. The largest absolute Gasteiger partial charge is 0.476 e. The minimum absolute atomic E-state index is 0.0771. The van der Waals surface area contributed by atoms with Crippen molar-refractivity contribution in [1.82, 2.24) is 4.98 Å². The number of carbonyl (C=O) groups is 1. The van der Waals surface area contributed by atoms with Crippen molar-refractivity contribution in [2.45, 2.75) is 12.8 Å². The zero-order chi connectivity index (χ0) is 11.4. The van der Waals surface area contributed by atoms with E-state index in [9.17, 15) is 4.79 Å². The molecule has 0 bridgehead atoms. The van der Waals surface area contributed by atoms with E-state index in [1.807, 2.05) is 0 Å². The fourth-order valence-electron chi connectivity index (χ4n) is 1.65.